The summed E-state index contributed by atoms with van der Waals surface area (Å²) in [5.74, 6) is 1.85. The summed E-state index contributed by atoms with van der Waals surface area (Å²) in [4.78, 5) is 19.5. The van der Waals surface area contributed by atoms with E-state index in [1.165, 1.54) is 0 Å². The molecule has 0 bridgehead atoms. The van der Waals surface area contributed by atoms with Gasteiger partial charge in [0, 0.05) is 24.0 Å². The molecule has 0 unspecified atom stereocenters. The van der Waals surface area contributed by atoms with Gasteiger partial charge in [-0.25, -0.2) is 0 Å². The van der Waals surface area contributed by atoms with Crippen LogP contribution in [-0.2, 0) is 5.41 Å². The molecule has 6 heteroatoms. The van der Waals surface area contributed by atoms with E-state index in [1.54, 1.807) is 11.3 Å². The number of hydrogen-bond donors (Lipinski definition) is 0. The van der Waals surface area contributed by atoms with Gasteiger partial charge < -0.3 is 9.42 Å². The normalized spacial score (nSPS) is 24.8. The summed E-state index contributed by atoms with van der Waals surface area (Å²) < 4.78 is 5.57. The Balaban J connectivity index is 1.46. The minimum Gasteiger partial charge on any atom is -0.337 e. The number of thiophene rings is 1. The van der Waals surface area contributed by atoms with Crippen LogP contribution in [0.15, 0.2) is 51.7 Å². The van der Waals surface area contributed by atoms with Gasteiger partial charge in [-0.05, 0) is 42.3 Å². The van der Waals surface area contributed by atoms with Crippen LogP contribution in [0.1, 0.15) is 35.4 Å². The maximum atomic E-state index is 12.8. The fourth-order valence-corrected chi connectivity index (χ4v) is 5.13. The molecule has 1 aliphatic heterocycles. The third-order valence-corrected chi connectivity index (χ3v) is 6.50. The first-order valence-electron chi connectivity index (χ1n) is 8.97. The zero-order valence-electron chi connectivity index (χ0n) is 14.3. The van der Waals surface area contributed by atoms with E-state index in [4.69, 9.17) is 9.51 Å². The van der Waals surface area contributed by atoms with Crippen LogP contribution < -0.4 is 0 Å². The van der Waals surface area contributed by atoms with Crippen LogP contribution in [0.3, 0.4) is 0 Å². The fourth-order valence-electron chi connectivity index (χ4n) is 4.50. The summed E-state index contributed by atoms with van der Waals surface area (Å²) in [5, 5.41) is 8.21. The lowest BCUT2D eigenvalue weighted by molar-refractivity contribution is 0.0777. The highest BCUT2D eigenvalue weighted by Gasteiger charge is 2.54. The van der Waals surface area contributed by atoms with Crippen LogP contribution in [0.2, 0.25) is 0 Å². The zero-order valence-corrected chi connectivity index (χ0v) is 15.1. The van der Waals surface area contributed by atoms with E-state index in [0.717, 1.165) is 42.8 Å². The van der Waals surface area contributed by atoms with Gasteiger partial charge in [0.2, 0.25) is 0 Å². The Morgan fingerprint density at radius 2 is 2.15 bits per heavy atom. The molecule has 132 valence electrons. The van der Waals surface area contributed by atoms with E-state index in [0.29, 0.717) is 18.4 Å². The van der Waals surface area contributed by atoms with Crippen molar-refractivity contribution in [3.8, 4) is 11.5 Å². The van der Waals surface area contributed by atoms with E-state index in [2.05, 4.69) is 5.16 Å². The van der Waals surface area contributed by atoms with Gasteiger partial charge >= 0.3 is 0 Å². The van der Waals surface area contributed by atoms with Gasteiger partial charge in [-0.3, -0.25) is 4.79 Å². The number of aromatic nitrogens is 2. The van der Waals surface area contributed by atoms with Gasteiger partial charge in [0.05, 0.1) is 11.0 Å². The predicted molar refractivity (Wildman–Crippen MR) is 99.0 cm³/mol. The molecule has 0 spiro atoms. The Labute approximate surface area is 155 Å². The number of rotatable bonds is 3. The van der Waals surface area contributed by atoms with Gasteiger partial charge in [-0.1, -0.05) is 29.8 Å². The van der Waals surface area contributed by atoms with Crippen LogP contribution in [0.5, 0.6) is 0 Å². The van der Waals surface area contributed by atoms with E-state index >= 15 is 0 Å². The maximum absolute atomic E-state index is 12.8. The Morgan fingerprint density at radius 1 is 1.27 bits per heavy atom. The number of nitrogens with zero attached hydrogens (tertiary/aromatic N) is 3. The number of hydrogen-bond acceptors (Lipinski definition) is 5. The smallest absolute Gasteiger partial charge is 0.257 e. The number of carbonyl (C=O) groups is 1. The summed E-state index contributed by atoms with van der Waals surface area (Å²) in [7, 11) is 0. The lowest BCUT2D eigenvalue weighted by atomic mass is 9.80. The fraction of sp³-hybridized carbons (Fsp3) is 0.350. The lowest BCUT2D eigenvalue weighted by Gasteiger charge is -2.24. The Hall–Kier alpha value is -2.47. The molecular weight excluding hydrogens is 346 g/mol. The highest BCUT2D eigenvalue weighted by Crippen LogP contribution is 2.50. The highest BCUT2D eigenvalue weighted by molar-refractivity contribution is 7.08. The molecule has 1 saturated heterocycles. The summed E-state index contributed by atoms with van der Waals surface area (Å²) in [6.07, 6.45) is 3.28. The van der Waals surface area contributed by atoms with Gasteiger partial charge in [-0.2, -0.15) is 16.3 Å². The lowest BCUT2D eigenvalue weighted by Crippen LogP contribution is -2.35. The molecule has 3 aromatic rings. The summed E-state index contributed by atoms with van der Waals surface area (Å²) in [6.45, 7) is 1.46. The van der Waals surface area contributed by atoms with E-state index in [1.807, 2.05) is 52.1 Å². The molecule has 2 aliphatic rings. The molecule has 2 atom stereocenters. The molecule has 2 aromatic heterocycles. The van der Waals surface area contributed by atoms with Crippen molar-refractivity contribution >= 4 is 17.2 Å². The Kier molecular flexibility index (Phi) is 3.67. The Morgan fingerprint density at radius 3 is 2.96 bits per heavy atom. The minimum atomic E-state index is -0.164. The second kappa shape index (κ2) is 6.06. The molecule has 5 rings (SSSR count). The molecule has 1 aromatic carbocycles. The minimum absolute atomic E-state index is 0.117. The van der Waals surface area contributed by atoms with E-state index < -0.39 is 0 Å². The van der Waals surface area contributed by atoms with Crippen LogP contribution in [0.4, 0.5) is 0 Å². The SMILES string of the molecule is O=C(c1ccsc1)N1C[C@H]2CCC[C@@]2(c2noc(-c3ccccc3)n2)C1. The maximum Gasteiger partial charge on any atom is 0.257 e. The molecule has 1 amide bonds. The van der Waals surface area contributed by atoms with Crippen LogP contribution in [-0.4, -0.2) is 34.0 Å². The second-order valence-electron chi connectivity index (χ2n) is 7.23. The molecule has 1 aliphatic carbocycles. The van der Waals surface area contributed by atoms with Crippen molar-refractivity contribution in [1.29, 1.82) is 0 Å². The number of benzene rings is 1. The van der Waals surface area contributed by atoms with Gasteiger partial charge in [0.15, 0.2) is 5.82 Å². The third kappa shape index (κ3) is 2.40. The molecule has 0 N–H and O–H groups in total. The van der Waals surface area contributed by atoms with Crippen molar-refractivity contribution in [2.45, 2.75) is 24.7 Å². The first kappa shape index (κ1) is 15.8. The molecular formula is C20H19N3O2S. The topological polar surface area (TPSA) is 59.2 Å². The van der Waals surface area contributed by atoms with Crippen molar-refractivity contribution in [2.24, 2.45) is 5.92 Å². The number of fused-ring (bicyclic) bond motifs is 1. The van der Waals surface area contributed by atoms with Crippen molar-refractivity contribution in [2.75, 3.05) is 13.1 Å². The average Bonchev–Trinajstić information content (AvgIpc) is 3.44. The second-order valence-corrected chi connectivity index (χ2v) is 8.01. The van der Waals surface area contributed by atoms with Crippen LogP contribution >= 0.6 is 11.3 Å². The first-order chi connectivity index (χ1) is 12.8. The summed E-state index contributed by atoms with van der Waals surface area (Å²) >= 11 is 1.56. The first-order valence-corrected chi connectivity index (χ1v) is 9.92. The van der Waals surface area contributed by atoms with Crippen LogP contribution in [0, 0.1) is 5.92 Å². The number of amides is 1. The third-order valence-electron chi connectivity index (χ3n) is 5.82. The molecule has 0 radical (unpaired) electrons. The van der Waals surface area contributed by atoms with Crippen molar-refractivity contribution < 1.29 is 9.32 Å². The summed E-state index contributed by atoms with van der Waals surface area (Å²) in [5.41, 5.74) is 1.55. The Bertz CT molecular complexity index is 922. The quantitative estimate of drug-likeness (QED) is 0.704. The number of likely N-dealkylation sites (tertiary alicyclic amines) is 1. The highest BCUT2D eigenvalue weighted by atomic mass is 32.1. The van der Waals surface area contributed by atoms with Crippen molar-refractivity contribution in [3.05, 3.63) is 58.5 Å². The average molecular weight is 365 g/mol. The predicted octanol–water partition coefficient (Wildman–Crippen LogP) is 3.99. The van der Waals surface area contributed by atoms with E-state index in [9.17, 15) is 4.79 Å². The van der Waals surface area contributed by atoms with E-state index in [-0.39, 0.29) is 11.3 Å². The van der Waals surface area contributed by atoms with Crippen molar-refractivity contribution in [3.63, 3.8) is 0 Å². The standard InChI is InChI=1S/C20H19N3O2S/c24-18(15-8-10-26-12-15)23-11-16-7-4-9-20(16,13-23)19-21-17(25-22-19)14-5-2-1-3-6-14/h1-3,5-6,8,10,12,16H,4,7,9,11,13H2/t16-,20-/m1/s1. The van der Waals surface area contributed by atoms with Crippen LogP contribution in [0.25, 0.3) is 11.5 Å². The van der Waals surface area contributed by atoms with Gasteiger partial charge in [-0.15, -0.1) is 0 Å². The largest absolute Gasteiger partial charge is 0.337 e. The van der Waals surface area contributed by atoms with Gasteiger partial charge in [0.1, 0.15) is 0 Å². The molecule has 3 heterocycles. The molecule has 5 nitrogen and oxygen atoms in total. The number of carbonyl (C=O) groups excluding carboxylic acids is 1. The molecule has 2 fully saturated rings. The zero-order chi connectivity index (χ0) is 17.6. The monoisotopic (exact) mass is 365 g/mol. The summed E-state index contributed by atoms with van der Waals surface area (Å²) in [6, 6.07) is 11.7. The molecule has 1 saturated carbocycles. The van der Waals surface area contributed by atoms with Crippen molar-refractivity contribution in [1.82, 2.24) is 15.0 Å². The molecule has 26 heavy (non-hydrogen) atoms. The van der Waals surface area contributed by atoms with Gasteiger partial charge in [0.25, 0.3) is 11.8 Å².